The number of carbonyl (C=O) groups is 1. The van der Waals surface area contributed by atoms with Crippen molar-refractivity contribution in [3.63, 3.8) is 0 Å². The van der Waals surface area contributed by atoms with E-state index in [1.807, 2.05) is 12.1 Å². The lowest BCUT2D eigenvalue weighted by Crippen LogP contribution is -2.15. The van der Waals surface area contributed by atoms with Gasteiger partial charge in [0.1, 0.15) is 0 Å². The molecule has 1 saturated heterocycles. The molecule has 1 aromatic heterocycles. The minimum absolute atomic E-state index is 0.310. The third-order valence-electron chi connectivity index (χ3n) is 3.10. The van der Waals surface area contributed by atoms with Crippen LogP contribution in [0.4, 0.5) is 5.69 Å². The molecule has 0 aliphatic carbocycles. The Balaban J connectivity index is 1.70. The summed E-state index contributed by atoms with van der Waals surface area (Å²) in [7, 11) is 0. The molecule has 6 nitrogen and oxygen atoms in total. The summed E-state index contributed by atoms with van der Waals surface area (Å²) in [5.41, 5.74) is 1.54. The van der Waals surface area contributed by atoms with Crippen LogP contribution < -0.4 is 10.9 Å². The smallest absolute Gasteiger partial charge is 0.255 e. The minimum atomic E-state index is -0.331. The van der Waals surface area contributed by atoms with Crippen LogP contribution in [0.1, 0.15) is 22.2 Å². The minimum Gasteiger partial charge on any atom is -0.346 e. The van der Waals surface area contributed by atoms with E-state index in [0.717, 1.165) is 5.56 Å². The van der Waals surface area contributed by atoms with Crippen molar-refractivity contribution in [1.82, 2.24) is 4.98 Å². The van der Waals surface area contributed by atoms with Gasteiger partial charge in [-0.15, -0.1) is 0 Å². The van der Waals surface area contributed by atoms with Crippen molar-refractivity contribution >= 4 is 11.6 Å². The fourth-order valence-electron chi connectivity index (χ4n) is 2.06. The Morgan fingerprint density at radius 3 is 2.52 bits per heavy atom. The van der Waals surface area contributed by atoms with Gasteiger partial charge in [-0.1, -0.05) is 12.1 Å². The summed E-state index contributed by atoms with van der Waals surface area (Å²) in [6.45, 7) is 1.18. The number of pyridine rings is 1. The standard InChI is InChI=1S/C15H14N2O4/c18-13-9-11(5-6-16-13)14(19)17-12-3-1-10(2-4-12)15-20-7-8-21-15/h1-6,9,15H,7-8H2,(H,16,18)(H,17,19). The molecule has 0 atom stereocenters. The predicted molar refractivity (Wildman–Crippen MR) is 76.1 cm³/mol. The second-order valence-corrected chi connectivity index (χ2v) is 4.59. The lowest BCUT2D eigenvalue weighted by molar-refractivity contribution is -0.0441. The van der Waals surface area contributed by atoms with E-state index < -0.39 is 0 Å². The summed E-state index contributed by atoms with van der Waals surface area (Å²) in [6, 6.07) is 10.0. The Bertz CT molecular complexity index is 687. The fourth-order valence-corrected chi connectivity index (χ4v) is 2.06. The lowest BCUT2D eigenvalue weighted by Gasteiger charge is -2.10. The number of anilines is 1. The van der Waals surface area contributed by atoms with Gasteiger partial charge >= 0.3 is 0 Å². The fraction of sp³-hybridized carbons (Fsp3) is 0.200. The van der Waals surface area contributed by atoms with Crippen LogP contribution >= 0.6 is 0 Å². The van der Waals surface area contributed by atoms with E-state index in [4.69, 9.17) is 9.47 Å². The highest BCUT2D eigenvalue weighted by Gasteiger charge is 2.17. The first-order valence-electron chi connectivity index (χ1n) is 6.56. The molecule has 0 radical (unpaired) electrons. The number of hydrogen-bond acceptors (Lipinski definition) is 4. The summed E-state index contributed by atoms with van der Waals surface area (Å²) in [5.74, 6) is -0.331. The van der Waals surface area contributed by atoms with Crippen LogP contribution in [0.2, 0.25) is 0 Å². The number of ether oxygens (including phenoxy) is 2. The quantitative estimate of drug-likeness (QED) is 0.899. The van der Waals surface area contributed by atoms with E-state index in [0.29, 0.717) is 24.5 Å². The Morgan fingerprint density at radius 1 is 1.14 bits per heavy atom. The van der Waals surface area contributed by atoms with Crippen molar-refractivity contribution < 1.29 is 14.3 Å². The molecule has 0 unspecified atom stereocenters. The van der Waals surface area contributed by atoms with Crippen molar-refractivity contribution in [3.05, 3.63) is 64.1 Å². The lowest BCUT2D eigenvalue weighted by atomic mass is 10.2. The maximum absolute atomic E-state index is 12.0. The van der Waals surface area contributed by atoms with Gasteiger partial charge in [-0.2, -0.15) is 0 Å². The number of rotatable bonds is 3. The van der Waals surface area contributed by atoms with Crippen LogP contribution in [0.5, 0.6) is 0 Å². The van der Waals surface area contributed by atoms with Gasteiger partial charge in [0.2, 0.25) is 5.56 Å². The number of aromatic nitrogens is 1. The molecular weight excluding hydrogens is 272 g/mol. The van der Waals surface area contributed by atoms with Gasteiger partial charge in [0.05, 0.1) is 13.2 Å². The number of hydrogen-bond donors (Lipinski definition) is 2. The highest BCUT2D eigenvalue weighted by Crippen LogP contribution is 2.24. The molecule has 2 heterocycles. The highest BCUT2D eigenvalue weighted by atomic mass is 16.7. The average molecular weight is 286 g/mol. The summed E-state index contributed by atoms with van der Waals surface area (Å²) in [6.07, 6.45) is 1.11. The normalized spacial score (nSPS) is 15.0. The molecule has 6 heteroatoms. The van der Waals surface area contributed by atoms with Crippen molar-refractivity contribution in [1.29, 1.82) is 0 Å². The van der Waals surface area contributed by atoms with Gasteiger partial charge in [-0.25, -0.2) is 0 Å². The van der Waals surface area contributed by atoms with E-state index in [1.54, 1.807) is 18.2 Å². The molecule has 2 N–H and O–H groups in total. The largest absolute Gasteiger partial charge is 0.346 e. The van der Waals surface area contributed by atoms with Gasteiger partial charge in [0.15, 0.2) is 6.29 Å². The van der Waals surface area contributed by atoms with Gasteiger partial charge in [-0.05, 0) is 18.2 Å². The molecule has 21 heavy (non-hydrogen) atoms. The van der Waals surface area contributed by atoms with Crippen LogP contribution in [-0.2, 0) is 9.47 Å². The van der Waals surface area contributed by atoms with Gasteiger partial charge in [0, 0.05) is 29.1 Å². The van der Waals surface area contributed by atoms with E-state index in [2.05, 4.69) is 10.3 Å². The van der Waals surface area contributed by atoms with Gasteiger partial charge in [-0.3, -0.25) is 9.59 Å². The summed E-state index contributed by atoms with van der Waals surface area (Å²) >= 11 is 0. The molecule has 1 fully saturated rings. The second-order valence-electron chi connectivity index (χ2n) is 4.59. The zero-order chi connectivity index (χ0) is 14.7. The maximum Gasteiger partial charge on any atom is 0.255 e. The first-order chi connectivity index (χ1) is 10.2. The number of nitrogens with one attached hydrogen (secondary N) is 2. The van der Waals surface area contributed by atoms with E-state index >= 15 is 0 Å². The van der Waals surface area contributed by atoms with Crippen molar-refractivity contribution in [2.24, 2.45) is 0 Å². The molecule has 1 aliphatic rings. The molecule has 2 aromatic rings. The Kier molecular flexibility index (Phi) is 3.81. The molecule has 0 saturated carbocycles. The number of H-pyrrole nitrogens is 1. The van der Waals surface area contributed by atoms with Crippen LogP contribution in [0.15, 0.2) is 47.4 Å². The zero-order valence-electron chi connectivity index (χ0n) is 11.2. The molecule has 0 spiro atoms. The third-order valence-corrected chi connectivity index (χ3v) is 3.10. The Morgan fingerprint density at radius 2 is 1.86 bits per heavy atom. The summed E-state index contributed by atoms with van der Waals surface area (Å²) in [5, 5.41) is 2.73. The number of amides is 1. The van der Waals surface area contributed by atoms with Crippen LogP contribution in [0, 0.1) is 0 Å². The molecular formula is C15H14N2O4. The first-order valence-corrected chi connectivity index (χ1v) is 6.56. The molecule has 1 aliphatic heterocycles. The summed E-state index contributed by atoms with van der Waals surface area (Å²) < 4.78 is 10.8. The molecule has 3 rings (SSSR count). The molecule has 1 aromatic carbocycles. The van der Waals surface area contributed by atoms with Gasteiger partial charge < -0.3 is 19.8 Å². The van der Waals surface area contributed by atoms with E-state index in [1.165, 1.54) is 12.3 Å². The highest BCUT2D eigenvalue weighted by molar-refractivity contribution is 6.04. The van der Waals surface area contributed by atoms with E-state index in [9.17, 15) is 9.59 Å². The SMILES string of the molecule is O=C(Nc1ccc(C2OCCO2)cc1)c1cc[nH]c(=O)c1. The number of aromatic amines is 1. The molecule has 1 amide bonds. The average Bonchev–Trinajstić information content (AvgIpc) is 3.02. The van der Waals surface area contributed by atoms with Crippen LogP contribution in [0.3, 0.4) is 0 Å². The zero-order valence-corrected chi connectivity index (χ0v) is 11.2. The van der Waals surface area contributed by atoms with Crippen LogP contribution in [-0.4, -0.2) is 24.1 Å². The third kappa shape index (κ3) is 3.18. The topological polar surface area (TPSA) is 80.4 Å². The molecule has 0 bridgehead atoms. The van der Waals surface area contributed by atoms with E-state index in [-0.39, 0.29) is 17.8 Å². The second kappa shape index (κ2) is 5.90. The Labute approximate surface area is 120 Å². The monoisotopic (exact) mass is 286 g/mol. The van der Waals surface area contributed by atoms with Crippen molar-refractivity contribution in [2.45, 2.75) is 6.29 Å². The number of benzene rings is 1. The Hall–Kier alpha value is -2.44. The summed E-state index contributed by atoms with van der Waals surface area (Å²) in [4.78, 5) is 25.6. The van der Waals surface area contributed by atoms with Crippen molar-refractivity contribution in [3.8, 4) is 0 Å². The van der Waals surface area contributed by atoms with Crippen LogP contribution in [0.25, 0.3) is 0 Å². The predicted octanol–water partition coefficient (Wildman–Crippen LogP) is 1.67. The van der Waals surface area contributed by atoms with Crippen molar-refractivity contribution in [2.75, 3.05) is 18.5 Å². The van der Waals surface area contributed by atoms with Gasteiger partial charge in [0.25, 0.3) is 5.91 Å². The number of carbonyl (C=O) groups excluding carboxylic acids is 1. The molecule has 108 valence electrons. The first kappa shape index (κ1) is 13.5. The maximum atomic E-state index is 12.0.